The average Bonchev–Trinajstić information content (AvgIpc) is 4.14. The first kappa shape index (κ1) is 40.1. The first-order chi connectivity index (χ1) is 26.0. The van der Waals surface area contributed by atoms with E-state index in [1.165, 1.54) is 11.1 Å². The number of pyridine rings is 1. The number of aliphatic hydroxyl groups excluding tert-OH is 4. The second-order valence-electron chi connectivity index (χ2n) is 15.2. The summed E-state index contributed by atoms with van der Waals surface area (Å²) >= 11 is 6.74. The predicted octanol–water partition coefficient (Wildman–Crippen LogP) is 4.10. The van der Waals surface area contributed by atoms with Gasteiger partial charge < -0.3 is 45.8 Å². The van der Waals surface area contributed by atoms with Gasteiger partial charge in [-0.1, -0.05) is 48.9 Å². The van der Waals surface area contributed by atoms with Gasteiger partial charge in [0.05, 0.1) is 12.2 Å². The Kier molecular flexibility index (Phi) is 13.3. The lowest BCUT2D eigenvalue weighted by Crippen LogP contribution is -2.52. The number of piperidine rings is 1. The SMILES string of the molecule is CC(CCCC(=O)N1CCC(NCC(O)C(O)C(O)C(O)C(=O)O)CC1)c1ccc(Cl)c(CNC2(c3cnccc3-c3ccccc3OC3CC3)CC2)c1. The summed E-state index contributed by atoms with van der Waals surface area (Å²) in [7, 11) is 0. The smallest absolute Gasteiger partial charge is 0.335 e. The van der Waals surface area contributed by atoms with Gasteiger partial charge in [0.1, 0.15) is 18.0 Å². The van der Waals surface area contributed by atoms with Crippen LogP contribution in [0, 0.1) is 0 Å². The molecule has 3 fully saturated rings. The van der Waals surface area contributed by atoms with E-state index in [1.807, 2.05) is 29.4 Å². The number of rotatable bonds is 19. The maximum Gasteiger partial charge on any atom is 0.335 e. The van der Waals surface area contributed by atoms with Crippen molar-refractivity contribution < 1.29 is 39.9 Å². The molecule has 292 valence electrons. The zero-order chi connectivity index (χ0) is 38.4. The van der Waals surface area contributed by atoms with Crippen molar-refractivity contribution in [1.29, 1.82) is 0 Å². The molecule has 54 heavy (non-hydrogen) atoms. The van der Waals surface area contributed by atoms with Gasteiger partial charge in [0.15, 0.2) is 6.10 Å². The van der Waals surface area contributed by atoms with E-state index >= 15 is 0 Å². The Labute approximate surface area is 321 Å². The largest absolute Gasteiger partial charge is 0.490 e. The molecule has 2 aliphatic carbocycles. The van der Waals surface area contributed by atoms with Crippen LogP contribution in [0.1, 0.15) is 87.3 Å². The lowest BCUT2D eigenvalue weighted by molar-refractivity contribution is -0.162. The van der Waals surface area contributed by atoms with Crippen LogP contribution in [0.25, 0.3) is 11.1 Å². The van der Waals surface area contributed by atoms with Crippen molar-refractivity contribution in [2.24, 2.45) is 0 Å². The van der Waals surface area contributed by atoms with E-state index in [0.717, 1.165) is 66.0 Å². The Morgan fingerprint density at radius 2 is 1.74 bits per heavy atom. The monoisotopic (exact) mass is 764 g/mol. The van der Waals surface area contributed by atoms with Gasteiger partial charge in [0.2, 0.25) is 5.91 Å². The Balaban J connectivity index is 0.958. The fourth-order valence-electron chi connectivity index (χ4n) is 7.32. The highest BCUT2D eigenvalue weighted by Gasteiger charge is 2.46. The standard InChI is InChI=1S/C41H53ClN4O8/c1-25(5-4-8-36(48)46-19-14-28(15-20-46)44-24-34(47)37(49)38(50)39(51)40(52)53)26-9-12-33(42)27(21-26)22-45-41(16-17-41)32-23-43-18-13-30(32)31-6-2-3-7-35(31)54-29-10-11-29/h2-3,6-7,9,12-13,18,21,23,25,28-29,34,37-39,44-45,47,49-51H,4-5,8,10-11,14-17,19-20,22,24H2,1H3,(H,52,53). The van der Waals surface area contributed by atoms with Gasteiger partial charge in [0.25, 0.3) is 0 Å². The van der Waals surface area contributed by atoms with Crippen LogP contribution < -0.4 is 15.4 Å². The summed E-state index contributed by atoms with van der Waals surface area (Å²) in [6, 6.07) is 16.6. The normalized spacial score (nSPS) is 19.8. The molecule has 0 radical (unpaired) electrons. The van der Waals surface area contributed by atoms with E-state index in [1.54, 1.807) is 0 Å². The van der Waals surface area contributed by atoms with Crippen molar-refractivity contribution in [1.82, 2.24) is 20.5 Å². The van der Waals surface area contributed by atoms with Crippen LogP contribution in [-0.4, -0.2) is 103 Å². The third kappa shape index (κ3) is 9.97. The molecule has 1 aliphatic heterocycles. The van der Waals surface area contributed by atoms with Crippen LogP contribution >= 0.6 is 11.6 Å². The van der Waals surface area contributed by atoms with E-state index in [4.69, 9.17) is 21.4 Å². The van der Waals surface area contributed by atoms with E-state index < -0.39 is 30.4 Å². The van der Waals surface area contributed by atoms with Gasteiger partial charge in [-0.3, -0.25) is 9.78 Å². The Morgan fingerprint density at radius 3 is 2.44 bits per heavy atom. The molecule has 5 unspecified atom stereocenters. The molecule has 3 aromatic rings. The number of aliphatic carboxylic acids is 1. The number of nitrogens with zero attached hydrogens (tertiary/aromatic N) is 2. The third-order valence-electron chi connectivity index (χ3n) is 11.1. The molecular formula is C41H53ClN4O8. The summed E-state index contributed by atoms with van der Waals surface area (Å²) in [5.41, 5.74) is 5.45. The van der Waals surface area contributed by atoms with Gasteiger partial charge in [0, 0.05) is 67.2 Å². The van der Waals surface area contributed by atoms with Crippen molar-refractivity contribution in [3.63, 3.8) is 0 Å². The lowest BCUT2D eigenvalue weighted by Gasteiger charge is -2.33. The van der Waals surface area contributed by atoms with Crippen LogP contribution in [-0.2, 0) is 21.7 Å². The fraction of sp³-hybridized carbons (Fsp3) is 0.537. The number of halogens is 1. The molecule has 0 spiro atoms. The summed E-state index contributed by atoms with van der Waals surface area (Å²) in [6.07, 6.45) is 4.19. The predicted molar refractivity (Wildman–Crippen MR) is 204 cm³/mol. The Hall–Kier alpha value is -3.62. The third-order valence-corrected chi connectivity index (χ3v) is 11.5. The summed E-state index contributed by atoms with van der Waals surface area (Å²) in [6.45, 7) is 3.82. The number of carbonyl (C=O) groups is 2. The number of carboxylic acids is 1. The molecule has 1 saturated heterocycles. The number of carbonyl (C=O) groups excluding carboxylic acids is 1. The van der Waals surface area contributed by atoms with Crippen molar-refractivity contribution in [3.8, 4) is 16.9 Å². The van der Waals surface area contributed by atoms with Crippen molar-refractivity contribution in [3.05, 3.63) is 82.6 Å². The van der Waals surface area contributed by atoms with Crippen LogP contribution in [0.2, 0.25) is 5.02 Å². The van der Waals surface area contributed by atoms with Gasteiger partial charge in [-0.15, -0.1) is 0 Å². The highest BCUT2D eigenvalue weighted by atomic mass is 35.5. The number of aromatic nitrogens is 1. The number of nitrogens with one attached hydrogen (secondary N) is 2. The molecule has 5 atom stereocenters. The van der Waals surface area contributed by atoms with Gasteiger partial charge >= 0.3 is 5.97 Å². The van der Waals surface area contributed by atoms with E-state index in [2.05, 4.69) is 58.9 Å². The molecule has 1 aromatic heterocycles. The van der Waals surface area contributed by atoms with E-state index in [0.29, 0.717) is 45.0 Å². The Morgan fingerprint density at radius 1 is 1.00 bits per heavy atom. The maximum atomic E-state index is 13.1. The minimum Gasteiger partial charge on any atom is -0.490 e. The minimum atomic E-state index is -2.20. The molecule has 2 heterocycles. The highest BCUT2D eigenvalue weighted by molar-refractivity contribution is 6.31. The molecule has 0 bridgehead atoms. The summed E-state index contributed by atoms with van der Waals surface area (Å²) in [4.78, 5) is 30.3. The molecule has 6 rings (SSSR count). The molecule has 2 aromatic carbocycles. The summed E-state index contributed by atoms with van der Waals surface area (Å²) in [5, 5.41) is 55.8. The number of likely N-dealkylation sites (tertiary alicyclic amines) is 1. The first-order valence-electron chi connectivity index (χ1n) is 19.2. The molecule has 7 N–H and O–H groups in total. The Bertz CT molecular complexity index is 1750. The highest BCUT2D eigenvalue weighted by Crippen LogP contribution is 2.50. The first-order valence-corrected chi connectivity index (χ1v) is 19.5. The molecule has 1 amide bonds. The zero-order valence-corrected chi connectivity index (χ0v) is 31.5. The van der Waals surface area contributed by atoms with Crippen LogP contribution in [0.4, 0.5) is 0 Å². The molecule has 12 nitrogen and oxygen atoms in total. The van der Waals surface area contributed by atoms with Gasteiger partial charge in [-0.2, -0.15) is 0 Å². The number of benzene rings is 2. The number of ether oxygens (including phenoxy) is 1. The second-order valence-corrected chi connectivity index (χ2v) is 15.6. The molecular weight excluding hydrogens is 712 g/mol. The number of carboxylic acid groups (broad SMARTS) is 1. The topological polar surface area (TPSA) is 185 Å². The minimum absolute atomic E-state index is 0.0180. The van der Waals surface area contributed by atoms with Crippen LogP contribution in [0.3, 0.4) is 0 Å². The van der Waals surface area contributed by atoms with Gasteiger partial charge in [-0.25, -0.2) is 4.79 Å². The number of para-hydroxylation sites is 1. The number of aliphatic hydroxyl groups is 4. The van der Waals surface area contributed by atoms with Crippen LogP contribution in [0.15, 0.2) is 60.9 Å². The summed E-state index contributed by atoms with van der Waals surface area (Å²) in [5.74, 6) is -0.426. The zero-order valence-electron chi connectivity index (χ0n) is 30.7. The van der Waals surface area contributed by atoms with E-state index in [-0.39, 0.29) is 30.0 Å². The fourth-order valence-corrected chi connectivity index (χ4v) is 7.51. The number of hydrogen-bond acceptors (Lipinski definition) is 10. The maximum absolute atomic E-state index is 13.1. The lowest BCUT2D eigenvalue weighted by atomic mass is 9.93. The molecule has 3 aliphatic rings. The van der Waals surface area contributed by atoms with E-state index in [9.17, 15) is 30.0 Å². The molecule has 13 heteroatoms. The van der Waals surface area contributed by atoms with Crippen LogP contribution in [0.5, 0.6) is 5.75 Å². The number of amides is 1. The second kappa shape index (κ2) is 17.9. The average molecular weight is 765 g/mol. The molecule has 2 saturated carbocycles. The quantitative estimate of drug-likeness (QED) is 0.0933. The number of hydrogen-bond donors (Lipinski definition) is 7. The van der Waals surface area contributed by atoms with Crippen molar-refractivity contribution in [2.45, 2.75) is 119 Å². The van der Waals surface area contributed by atoms with Crippen molar-refractivity contribution >= 4 is 23.5 Å². The summed E-state index contributed by atoms with van der Waals surface area (Å²) < 4.78 is 6.27. The van der Waals surface area contributed by atoms with Gasteiger partial charge in [-0.05, 0) is 97.7 Å². The van der Waals surface area contributed by atoms with Crippen molar-refractivity contribution in [2.75, 3.05) is 19.6 Å².